The molecule has 0 saturated carbocycles. The molecule has 0 spiro atoms. The molecule has 0 saturated heterocycles. The third-order valence-corrected chi connectivity index (χ3v) is 8.94. The zero-order valence-corrected chi connectivity index (χ0v) is 24.7. The number of Topliss-reactive ketones (excluding diaryl/α,β-unsaturated/α-hetero) is 6. The van der Waals surface area contributed by atoms with Gasteiger partial charge in [0, 0.05) is 77.9 Å². The number of fused-ring (bicyclic) bond motifs is 4. The molecule has 4 aromatic rings. The Kier molecular flexibility index (Phi) is 6.19. The molecule has 0 heterocycles. The van der Waals surface area contributed by atoms with Crippen molar-refractivity contribution in [2.75, 3.05) is 0 Å². The summed E-state index contributed by atoms with van der Waals surface area (Å²) in [6, 6.07) is 23.6. The fourth-order valence-electron chi connectivity index (χ4n) is 6.74. The van der Waals surface area contributed by atoms with Gasteiger partial charge in [0.15, 0.2) is 46.3 Å². The maximum absolute atomic E-state index is 14.6. The summed E-state index contributed by atoms with van der Waals surface area (Å²) in [6.45, 7) is 0. The van der Waals surface area contributed by atoms with Gasteiger partial charge >= 0.3 is 0 Å². The van der Waals surface area contributed by atoms with Crippen molar-refractivity contribution in [3.63, 3.8) is 0 Å². The molecule has 8 rings (SSSR count). The van der Waals surface area contributed by atoms with Crippen LogP contribution in [0.25, 0.3) is 0 Å². The van der Waals surface area contributed by atoms with Gasteiger partial charge in [0.05, 0.1) is 0 Å². The molecular weight excluding hydrogens is 608 g/mol. The van der Waals surface area contributed by atoms with E-state index in [9.17, 15) is 38.4 Å². The fraction of sp³-hybridized carbons (Fsp3) is 0. The number of benzene rings is 4. The van der Waals surface area contributed by atoms with Crippen LogP contribution in [0.2, 0.25) is 0 Å². The molecule has 4 aliphatic rings. The lowest BCUT2D eigenvalue weighted by Gasteiger charge is -2.29. The number of ketones is 8. The Morgan fingerprint density at radius 1 is 0.250 bits per heavy atom. The molecule has 0 atom stereocenters. The maximum Gasteiger partial charge on any atom is 0.195 e. The maximum atomic E-state index is 14.6. The second kappa shape index (κ2) is 10.4. The van der Waals surface area contributed by atoms with Crippen molar-refractivity contribution in [3.8, 4) is 0 Å². The third-order valence-electron chi connectivity index (χ3n) is 8.94. The molecule has 8 nitrogen and oxygen atoms in total. The van der Waals surface area contributed by atoms with Crippen LogP contribution in [-0.2, 0) is 0 Å². The first-order valence-electron chi connectivity index (χ1n) is 14.8. The molecule has 0 aliphatic heterocycles. The van der Waals surface area contributed by atoms with E-state index in [2.05, 4.69) is 0 Å². The Labute approximate surface area is 271 Å². The van der Waals surface area contributed by atoms with E-state index in [4.69, 9.17) is 0 Å². The minimum Gasteiger partial charge on any atom is -0.289 e. The summed E-state index contributed by atoms with van der Waals surface area (Å²) in [7, 11) is 0. The normalized spacial score (nSPS) is 17.2. The van der Waals surface area contributed by atoms with Gasteiger partial charge in [-0.15, -0.1) is 0 Å². The Morgan fingerprint density at radius 3 is 0.771 bits per heavy atom. The van der Waals surface area contributed by atoms with Crippen LogP contribution in [0, 0.1) is 0 Å². The topological polar surface area (TPSA) is 137 Å². The highest BCUT2D eigenvalue weighted by Crippen LogP contribution is 2.43. The molecule has 4 aromatic carbocycles. The Balaban J connectivity index is 1.50. The summed E-state index contributed by atoms with van der Waals surface area (Å²) < 4.78 is 0. The number of rotatable bonds is 3. The molecule has 0 unspecified atom stereocenters. The lowest BCUT2D eigenvalue weighted by atomic mass is 9.69. The first-order valence-corrected chi connectivity index (χ1v) is 14.8. The van der Waals surface area contributed by atoms with E-state index in [0.29, 0.717) is 0 Å². The summed E-state index contributed by atoms with van der Waals surface area (Å²) in [6.07, 6.45) is 1.90. The molecule has 0 radical (unpaired) electrons. The first-order chi connectivity index (χ1) is 23.2. The lowest BCUT2D eigenvalue weighted by molar-refractivity contribution is 0.0942. The number of hydrogen-bond acceptors (Lipinski definition) is 8. The van der Waals surface area contributed by atoms with Crippen LogP contribution in [0.4, 0.5) is 0 Å². The lowest BCUT2D eigenvalue weighted by Crippen LogP contribution is -2.34. The van der Waals surface area contributed by atoms with Crippen LogP contribution in [0.15, 0.2) is 143 Å². The quantitative estimate of drug-likeness (QED) is 0.281. The molecule has 0 bridgehead atoms. The van der Waals surface area contributed by atoms with Crippen LogP contribution in [0.1, 0.15) is 82.9 Å². The van der Waals surface area contributed by atoms with Gasteiger partial charge < -0.3 is 0 Å². The van der Waals surface area contributed by atoms with E-state index in [1.807, 2.05) is 0 Å². The van der Waals surface area contributed by atoms with Gasteiger partial charge in [-0.25, -0.2) is 0 Å². The second-order valence-electron chi connectivity index (χ2n) is 11.5. The van der Waals surface area contributed by atoms with Gasteiger partial charge in [-0.1, -0.05) is 97.1 Å². The van der Waals surface area contributed by atoms with Gasteiger partial charge in [0.1, 0.15) is 0 Å². The predicted molar refractivity (Wildman–Crippen MR) is 171 cm³/mol. The number of carbonyl (C=O) groups excluding carboxylic acids is 8. The van der Waals surface area contributed by atoms with Crippen LogP contribution in [-0.4, -0.2) is 46.3 Å². The Morgan fingerprint density at radius 2 is 0.479 bits per heavy atom. The van der Waals surface area contributed by atoms with Gasteiger partial charge in [0.25, 0.3) is 0 Å². The smallest absolute Gasteiger partial charge is 0.195 e. The number of allylic oxidation sites excluding steroid dienone is 8. The monoisotopic (exact) mass is 626 g/mol. The van der Waals surface area contributed by atoms with Crippen LogP contribution < -0.4 is 0 Å². The molecule has 0 aromatic heterocycles. The average molecular weight is 627 g/mol. The van der Waals surface area contributed by atoms with E-state index in [0.717, 1.165) is 12.2 Å². The van der Waals surface area contributed by atoms with Crippen LogP contribution >= 0.6 is 0 Å². The zero-order chi connectivity index (χ0) is 33.4. The van der Waals surface area contributed by atoms with Gasteiger partial charge in [-0.2, -0.15) is 0 Å². The first kappa shape index (κ1) is 28.7. The predicted octanol–water partition coefficient (Wildman–Crippen LogP) is 5.75. The fourth-order valence-corrected chi connectivity index (χ4v) is 6.74. The van der Waals surface area contributed by atoms with Crippen molar-refractivity contribution < 1.29 is 38.4 Å². The second-order valence-corrected chi connectivity index (χ2v) is 11.5. The molecule has 226 valence electrons. The van der Waals surface area contributed by atoms with Gasteiger partial charge in [-0.3, -0.25) is 38.4 Å². The molecule has 4 aliphatic carbocycles. The summed E-state index contributed by atoms with van der Waals surface area (Å²) >= 11 is 0. The average Bonchev–Trinajstić information content (AvgIpc) is 3.11. The van der Waals surface area contributed by atoms with Crippen molar-refractivity contribution in [2.24, 2.45) is 0 Å². The summed E-state index contributed by atoms with van der Waals surface area (Å²) in [5.41, 5.74) is -3.35. The molecular formula is C40H18O8. The number of hydrogen-bond donors (Lipinski definition) is 0. The van der Waals surface area contributed by atoms with E-state index in [-0.39, 0.29) is 44.5 Å². The zero-order valence-electron chi connectivity index (χ0n) is 24.7. The highest BCUT2D eigenvalue weighted by molar-refractivity contribution is 6.43. The largest absolute Gasteiger partial charge is 0.289 e. The number of carbonyl (C=O) groups is 8. The van der Waals surface area contributed by atoms with E-state index in [1.54, 1.807) is 24.3 Å². The van der Waals surface area contributed by atoms with E-state index in [1.165, 1.54) is 72.8 Å². The van der Waals surface area contributed by atoms with Gasteiger partial charge in [0.2, 0.25) is 0 Å². The third kappa shape index (κ3) is 3.89. The standard InChI is InChI=1S/C40H18O8/c41-29-17-27(35(43)21-11-3-1-9-19(21)29)31-33(39(47)25-15-7-5-13-23(25)37(31)45)34-32(38(46)24-14-6-8-16-26(24)40(34)48)28-18-30(42)20-10-2-4-12-22(20)36(28)44/h1-18H. The highest BCUT2D eigenvalue weighted by Gasteiger charge is 2.46. The summed E-state index contributed by atoms with van der Waals surface area (Å²) in [4.78, 5) is 113. The highest BCUT2D eigenvalue weighted by atomic mass is 16.2. The van der Waals surface area contributed by atoms with Crippen molar-refractivity contribution >= 4 is 46.3 Å². The minimum absolute atomic E-state index is 0.0103. The molecule has 0 N–H and O–H groups in total. The SMILES string of the molecule is O=C1C=C(C2=C(C3=C(C4=CC(=O)c5ccccc5C4=O)C(=O)c4ccccc4C3=O)C(=O)c3ccccc3C2=O)C(=O)c2ccccc21. The van der Waals surface area contributed by atoms with Crippen LogP contribution in [0.5, 0.6) is 0 Å². The minimum atomic E-state index is -0.871. The van der Waals surface area contributed by atoms with Crippen molar-refractivity contribution in [2.45, 2.75) is 0 Å². The summed E-state index contributed by atoms with van der Waals surface area (Å²) in [5, 5.41) is 0. The Bertz CT molecular complexity index is 2310. The van der Waals surface area contributed by atoms with Crippen molar-refractivity contribution in [1.29, 1.82) is 0 Å². The van der Waals surface area contributed by atoms with Crippen LogP contribution in [0.3, 0.4) is 0 Å². The summed E-state index contributed by atoms with van der Waals surface area (Å²) in [5.74, 6) is -6.10. The molecule has 0 amide bonds. The van der Waals surface area contributed by atoms with Crippen molar-refractivity contribution in [3.05, 3.63) is 187 Å². The van der Waals surface area contributed by atoms with Gasteiger partial charge in [-0.05, 0) is 12.2 Å². The Hall–Kier alpha value is -6.80. The van der Waals surface area contributed by atoms with E-state index < -0.39 is 79.7 Å². The van der Waals surface area contributed by atoms with E-state index >= 15 is 0 Å². The molecule has 0 fully saturated rings. The molecule has 8 heteroatoms. The molecule has 48 heavy (non-hydrogen) atoms. The van der Waals surface area contributed by atoms with Crippen molar-refractivity contribution in [1.82, 2.24) is 0 Å².